The molecule has 4 aliphatic rings. The molecule has 1 aromatic heterocycles. The summed E-state index contributed by atoms with van der Waals surface area (Å²) in [6, 6.07) is 21.8. The number of carboxylic acids is 1. The van der Waals surface area contributed by atoms with Crippen molar-refractivity contribution in [3.8, 4) is 63.1 Å². The first-order valence-electron chi connectivity index (χ1n) is 31.7. The maximum absolute atomic E-state index is 13.2. The Morgan fingerprint density at radius 3 is 1.12 bits per heavy atom. The van der Waals surface area contributed by atoms with Gasteiger partial charge in [0.05, 0.1) is 11.6 Å². The Labute approximate surface area is 591 Å². The summed E-state index contributed by atoms with van der Waals surface area (Å²) in [4.78, 5) is 61.8. The molecule has 36 nitrogen and oxygen atoms in total. The fourth-order valence-electron chi connectivity index (χ4n) is 10.8. The van der Waals surface area contributed by atoms with Crippen molar-refractivity contribution in [2.75, 3.05) is 26.4 Å². The Balaban J connectivity index is 0.878. The SMILES string of the molecule is O=C(O)CC(=O)OC[C@H]1O[C@@H](Oc2cc3c(O)cc(O)cc3[o+]c2-c2cc(O[C@@H]3O[C@H](COC(=O)/C=C/c4ccc(O)cc4)[C@@H](O)[C@H](O)[C@H]3O)c(O)c(O[C@@H]3O[C@H](COC(=O)/C=C/c4ccc(O[C@@H]5O[C@H](COC(=O)/C=C/c6ccc(O)cc6)[C@@H](O)[C@H](O)[C@H]5O)cc4)[C@@H](O)[C@H](O)[C@H]3O)c2)[C@H](O)[C@@H](O)[C@@H]1O. The highest BCUT2D eigenvalue weighted by Crippen LogP contribution is 2.48. The van der Waals surface area contributed by atoms with Gasteiger partial charge in [-0.15, -0.1) is 0 Å². The third-order valence-corrected chi connectivity index (χ3v) is 16.5. The van der Waals surface area contributed by atoms with Crippen molar-refractivity contribution in [3.05, 3.63) is 138 Å². The number of aliphatic hydroxyl groups excluding tert-OH is 12. The number of hydrogen-bond donors (Lipinski definition) is 18. The lowest BCUT2D eigenvalue weighted by atomic mass is 9.99. The highest BCUT2D eigenvalue weighted by atomic mass is 16.7. The van der Waals surface area contributed by atoms with Crippen LogP contribution < -0.4 is 18.9 Å². The summed E-state index contributed by atoms with van der Waals surface area (Å²) < 4.78 is 73.5. The van der Waals surface area contributed by atoms with Crippen LogP contribution in [0.15, 0.2) is 126 Å². The number of benzene rings is 5. The second kappa shape index (κ2) is 34.0. The van der Waals surface area contributed by atoms with Gasteiger partial charge in [-0.2, -0.15) is 0 Å². The van der Waals surface area contributed by atoms with Crippen LogP contribution in [-0.4, -0.2) is 271 Å². The number of esters is 4. The molecule has 4 saturated heterocycles. The number of phenols is 5. The average molecular weight is 1480 g/mol. The fourth-order valence-corrected chi connectivity index (χ4v) is 10.8. The molecular weight excluding hydrogens is 1400 g/mol. The van der Waals surface area contributed by atoms with E-state index in [0.717, 1.165) is 48.6 Å². The third kappa shape index (κ3) is 19.2. The second-order valence-corrected chi connectivity index (χ2v) is 24.1. The summed E-state index contributed by atoms with van der Waals surface area (Å²) in [5.41, 5.74) is 0.553. The van der Waals surface area contributed by atoms with Crippen molar-refractivity contribution in [2.45, 2.75) is 129 Å². The lowest BCUT2D eigenvalue weighted by Gasteiger charge is -2.40. The molecule has 4 aliphatic heterocycles. The number of hydrogen-bond acceptors (Lipinski definition) is 34. The van der Waals surface area contributed by atoms with Gasteiger partial charge in [-0.1, -0.05) is 36.4 Å². The van der Waals surface area contributed by atoms with Gasteiger partial charge in [0.2, 0.25) is 36.7 Å². The molecule has 18 N–H and O–H groups in total. The Morgan fingerprint density at radius 1 is 0.390 bits per heavy atom. The van der Waals surface area contributed by atoms with E-state index in [1.807, 2.05) is 0 Å². The van der Waals surface area contributed by atoms with E-state index in [1.54, 1.807) is 0 Å². The van der Waals surface area contributed by atoms with Gasteiger partial charge >= 0.3 is 41.2 Å². The lowest BCUT2D eigenvalue weighted by molar-refractivity contribution is -0.279. The van der Waals surface area contributed by atoms with Crippen LogP contribution in [0.5, 0.6) is 51.7 Å². The lowest BCUT2D eigenvalue weighted by Crippen LogP contribution is -2.60. The molecule has 5 heterocycles. The number of carbonyl (C=O) groups excluding carboxylic acids is 4. The smallest absolute Gasteiger partial charge is 0.402 e. The van der Waals surface area contributed by atoms with Crippen LogP contribution in [-0.2, 0) is 61.9 Å². The van der Waals surface area contributed by atoms with Crippen molar-refractivity contribution in [2.24, 2.45) is 0 Å². The van der Waals surface area contributed by atoms with E-state index in [2.05, 4.69) is 0 Å². The number of rotatable bonds is 25. The zero-order valence-electron chi connectivity index (χ0n) is 54.3. The van der Waals surface area contributed by atoms with E-state index < -0.39 is 231 Å². The minimum Gasteiger partial charge on any atom is -0.508 e. The van der Waals surface area contributed by atoms with E-state index in [0.29, 0.717) is 16.7 Å². The van der Waals surface area contributed by atoms with Crippen molar-refractivity contribution in [1.82, 2.24) is 0 Å². The summed E-state index contributed by atoms with van der Waals surface area (Å²) in [7, 11) is 0. The number of aromatic hydroxyl groups is 5. The van der Waals surface area contributed by atoms with Gasteiger partial charge in [0.15, 0.2) is 11.5 Å². The summed E-state index contributed by atoms with van der Waals surface area (Å²) in [6.45, 7) is -3.20. The monoisotopic (exact) mass is 1480 g/mol. The summed E-state index contributed by atoms with van der Waals surface area (Å²) in [5.74, 6) is -11.1. The molecular formula is C69H71O36+. The zero-order chi connectivity index (χ0) is 75.7. The summed E-state index contributed by atoms with van der Waals surface area (Å²) in [5, 5.41) is 194. The highest BCUT2D eigenvalue weighted by Gasteiger charge is 2.51. The number of phenolic OH excluding ortho intramolecular Hbond substituents is 5. The van der Waals surface area contributed by atoms with Gasteiger partial charge in [-0.05, 0) is 71.3 Å². The third-order valence-electron chi connectivity index (χ3n) is 16.5. The molecule has 36 heteroatoms. The standard InChI is InChI=1S/C69H70O36/c70-33-10-1-29(2-11-33)7-16-48(76)93-25-43-53(81)57(85)61(89)66(102-43)97-36-14-5-31(6-15-36)9-18-50(78)95-27-45-55(83)59(87)63(91)68(104-45)100-41-20-32(19-40(52(41)80)99-67-62(90)58(86)54(82)44(103-67)26-94-49(77)17-8-30-3-12-34(71)13-4-30)65-42(23-37-38(73)21-35(72)22-39(37)98-65)101-69-64(92)60(88)56(84)46(105-69)28-96-51(79)24-47(74)75/h1-23,43-46,53-64,66-69,81-92H,24-28H2,(H5-,70,71,72,73,74,75,76,77,80)/p+1/b18-9+/t43-,44-,45-,46-,53-,54-,55-,56-,57+,58+,59+,60+,61-,62-,63-,64-,66-,67-,68-,69-/m1/s1. The van der Waals surface area contributed by atoms with Crippen molar-refractivity contribution in [1.29, 1.82) is 0 Å². The van der Waals surface area contributed by atoms with Crippen LogP contribution in [0.3, 0.4) is 0 Å². The fraction of sp³-hybridized carbons (Fsp3) is 0.362. The maximum atomic E-state index is 13.2. The van der Waals surface area contributed by atoms with Crippen LogP contribution in [0.25, 0.3) is 40.5 Å². The Kier molecular flexibility index (Phi) is 25.0. The van der Waals surface area contributed by atoms with Gasteiger partial charge in [0.1, 0.15) is 165 Å². The highest BCUT2D eigenvalue weighted by molar-refractivity contribution is 5.91. The molecule has 4 fully saturated rings. The largest absolute Gasteiger partial charge is 0.508 e. The van der Waals surface area contributed by atoms with Crippen molar-refractivity contribution < 1.29 is 177 Å². The number of aliphatic carboxylic acids is 1. The molecule has 0 saturated carbocycles. The first kappa shape index (κ1) is 77.3. The van der Waals surface area contributed by atoms with Crippen LogP contribution in [0.2, 0.25) is 0 Å². The molecule has 0 unspecified atom stereocenters. The first-order valence-corrected chi connectivity index (χ1v) is 31.7. The Morgan fingerprint density at radius 2 is 0.743 bits per heavy atom. The Hall–Kier alpha value is -10.4. The van der Waals surface area contributed by atoms with Gasteiger partial charge < -0.3 is 149 Å². The van der Waals surface area contributed by atoms with E-state index in [-0.39, 0.29) is 28.2 Å². The van der Waals surface area contributed by atoms with E-state index in [4.69, 9.17) is 66.4 Å². The molecule has 0 radical (unpaired) electrons. The summed E-state index contributed by atoms with van der Waals surface area (Å²) >= 11 is 0. The molecule has 105 heavy (non-hydrogen) atoms. The molecule has 20 atom stereocenters. The van der Waals surface area contributed by atoms with Crippen LogP contribution in [0.1, 0.15) is 23.1 Å². The maximum Gasteiger partial charge on any atom is 0.402 e. The molecule has 10 rings (SSSR count). The van der Waals surface area contributed by atoms with Crippen LogP contribution in [0.4, 0.5) is 0 Å². The van der Waals surface area contributed by atoms with E-state index in [1.165, 1.54) is 91.0 Å². The van der Waals surface area contributed by atoms with Crippen LogP contribution >= 0.6 is 0 Å². The van der Waals surface area contributed by atoms with Gasteiger partial charge in [0.25, 0.3) is 0 Å². The molecule has 6 aromatic rings. The molecule has 0 bridgehead atoms. The molecule has 0 spiro atoms. The zero-order valence-corrected chi connectivity index (χ0v) is 54.3. The number of carbonyl (C=O) groups is 5. The van der Waals surface area contributed by atoms with Crippen molar-refractivity contribution >= 4 is 59.0 Å². The average Bonchev–Trinajstić information content (AvgIpc) is 0.760. The second-order valence-electron chi connectivity index (χ2n) is 24.1. The Bertz CT molecular complexity index is 4130. The first-order chi connectivity index (χ1) is 50.0. The van der Waals surface area contributed by atoms with E-state index in [9.17, 15) is 111 Å². The number of carboxylic acid groups (broad SMARTS) is 1. The molecule has 562 valence electrons. The topological polar surface area (TPSA) is 572 Å². The molecule has 0 amide bonds. The van der Waals surface area contributed by atoms with Gasteiger partial charge in [0, 0.05) is 42.5 Å². The van der Waals surface area contributed by atoms with E-state index >= 15 is 0 Å². The van der Waals surface area contributed by atoms with Crippen molar-refractivity contribution in [3.63, 3.8) is 0 Å². The van der Waals surface area contributed by atoms with Crippen LogP contribution in [0, 0.1) is 0 Å². The number of ether oxygens (including phenoxy) is 12. The quantitative estimate of drug-likeness (QED) is 0.0101. The normalized spacial score (nSPS) is 29.1. The van der Waals surface area contributed by atoms with Gasteiger partial charge in [-0.25, -0.2) is 18.8 Å². The predicted octanol–water partition coefficient (Wildman–Crippen LogP) is -1.56. The number of fused-ring (bicyclic) bond motifs is 1. The molecule has 5 aromatic carbocycles. The molecule has 0 aliphatic carbocycles. The minimum atomic E-state index is -2.26. The predicted molar refractivity (Wildman–Crippen MR) is 346 cm³/mol. The number of aliphatic hydroxyl groups is 12. The minimum absolute atomic E-state index is 0.0125. The van der Waals surface area contributed by atoms with Gasteiger partial charge in [-0.3, -0.25) is 9.59 Å². The summed E-state index contributed by atoms with van der Waals surface area (Å²) in [6.07, 6.45) is -33.4.